The van der Waals surface area contributed by atoms with Gasteiger partial charge in [0.2, 0.25) is 0 Å². The third kappa shape index (κ3) is 4.13. The van der Waals surface area contributed by atoms with E-state index in [1.807, 2.05) is 37.4 Å². The van der Waals surface area contributed by atoms with Gasteiger partial charge in [0.25, 0.3) is 0 Å². The Morgan fingerprint density at radius 1 is 0.900 bits per heavy atom. The molecule has 0 aliphatic heterocycles. The zero-order chi connectivity index (χ0) is 14.5. The average Bonchev–Trinajstić information content (AvgIpc) is 2.43. The average molecular weight is 329 g/mol. The summed E-state index contributed by atoms with van der Waals surface area (Å²) in [5.41, 5.74) is 2.22. The molecular formula is C16H16Cl3N. The topological polar surface area (TPSA) is 12.0 Å². The minimum atomic E-state index is 0.272. The molecule has 0 spiro atoms. The van der Waals surface area contributed by atoms with Crippen molar-refractivity contribution >= 4 is 34.8 Å². The van der Waals surface area contributed by atoms with E-state index >= 15 is 0 Å². The Bertz CT molecular complexity index is 584. The van der Waals surface area contributed by atoms with Crippen molar-refractivity contribution in [1.82, 2.24) is 5.32 Å². The minimum Gasteiger partial charge on any atom is -0.316 e. The number of benzene rings is 2. The van der Waals surface area contributed by atoms with Crippen LogP contribution >= 0.6 is 34.8 Å². The highest BCUT2D eigenvalue weighted by molar-refractivity contribution is 6.35. The van der Waals surface area contributed by atoms with E-state index in [1.165, 1.54) is 0 Å². The number of halogens is 3. The highest BCUT2D eigenvalue weighted by Crippen LogP contribution is 2.24. The molecule has 4 heteroatoms. The maximum atomic E-state index is 6.23. The van der Waals surface area contributed by atoms with Crippen LogP contribution < -0.4 is 5.32 Å². The van der Waals surface area contributed by atoms with Crippen molar-refractivity contribution in [3.63, 3.8) is 0 Å². The van der Waals surface area contributed by atoms with Gasteiger partial charge in [0.15, 0.2) is 0 Å². The summed E-state index contributed by atoms with van der Waals surface area (Å²) >= 11 is 18.4. The van der Waals surface area contributed by atoms with Gasteiger partial charge in [-0.25, -0.2) is 0 Å². The van der Waals surface area contributed by atoms with Crippen molar-refractivity contribution in [3.05, 3.63) is 68.7 Å². The highest BCUT2D eigenvalue weighted by atomic mass is 35.5. The van der Waals surface area contributed by atoms with Crippen LogP contribution in [-0.2, 0) is 12.8 Å². The quantitative estimate of drug-likeness (QED) is 0.812. The highest BCUT2D eigenvalue weighted by Gasteiger charge is 2.12. The summed E-state index contributed by atoms with van der Waals surface area (Å²) in [6, 6.07) is 13.8. The van der Waals surface area contributed by atoms with Gasteiger partial charge in [-0.3, -0.25) is 0 Å². The number of rotatable bonds is 5. The zero-order valence-electron chi connectivity index (χ0n) is 11.2. The summed E-state index contributed by atoms with van der Waals surface area (Å²) < 4.78 is 0. The molecule has 0 saturated carbocycles. The molecule has 1 atom stereocenters. The van der Waals surface area contributed by atoms with Gasteiger partial charge in [-0.2, -0.15) is 0 Å². The zero-order valence-corrected chi connectivity index (χ0v) is 13.4. The van der Waals surface area contributed by atoms with E-state index in [0.29, 0.717) is 10.0 Å². The molecule has 0 heterocycles. The van der Waals surface area contributed by atoms with E-state index in [2.05, 4.69) is 11.4 Å². The van der Waals surface area contributed by atoms with Gasteiger partial charge in [0.05, 0.1) is 0 Å². The SMILES string of the molecule is CNC(Cc1ccccc1Cl)Cc1ccc(Cl)cc1Cl. The normalized spacial score (nSPS) is 12.4. The van der Waals surface area contributed by atoms with E-state index in [4.69, 9.17) is 34.8 Å². The minimum absolute atomic E-state index is 0.272. The van der Waals surface area contributed by atoms with Crippen LogP contribution in [0, 0.1) is 0 Å². The van der Waals surface area contributed by atoms with Gasteiger partial charge in [0, 0.05) is 21.1 Å². The van der Waals surface area contributed by atoms with Crippen LogP contribution in [0.5, 0.6) is 0 Å². The Balaban J connectivity index is 2.11. The summed E-state index contributed by atoms with van der Waals surface area (Å²) in [5, 5.41) is 5.48. The molecule has 0 radical (unpaired) electrons. The summed E-state index contributed by atoms with van der Waals surface area (Å²) in [6.45, 7) is 0. The van der Waals surface area contributed by atoms with Crippen molar-refractivity contribution in [3.8, 4) is 0 Å². The lowest BCUT2D eigenvalue weighted by atomic mass is 9.99. The first-order chi connectivity index (χ1) is 9.60. The van der Waals surface area contributed by atoms with Gasteiger partial charge < -0.3 is 5.32 Å². The van der Waals surface area contributed by atoms with Crippen LogP contribution in [0.2, 0.25) is 15.1 Å². The van der Waals surface area contributed by atoms with Crippen LogP contribution in [0.15, 0.2) is 42.5 Å². The lowest BCUT2D eigenvalue weighted by molar-refractivity contribution is 0.556. The van der Waals surface area contributed by atoms with Gasteiger partial charge in [-0.05, 0) is 49.2 Å². The second-order valence-corrected chi connectivity index (χ2v) is 5.97. The fraction of sp³-hybridized carbons (Fsp3) is 0.250. The molecule has 1 N–H and O–H groups in total. The van der Waals surface area contributed by atoms with E-state index in [1.54, 1.807) is 6.07 Å². The third-order valence-electron chi connectivity index (χ3n) is 3.31. The number of likely N-dealkylation sites (N-methyl/N-ethyl adjacent to an activating group) is 1. The largest absolute Gasteiger partial charge is 0.316 e. The number of nitrogens with one attached hydrogen (secondary N) is 1. The fourth-order valence-corrected chi connectivity index (χ4v) is 2.86. The number of hydrogen-bond acceptors (Lipinski definition) is 1. The van der Waals surface area contributed by atoms with Crippen molar-refractivity contribution in [2.24, 2.45) is 0 Å². The van der Waals surface area contributed by atoms with Gasteiger partial charge in [0.1, 0.15) is 0 Å². The second-order valence-electron chi connectivity index (χ2n) is 4.72. The lowest BCUT2D eigenvalue weighted by Gasteiger charge is -2.18. The van der Waals surface area contributed by atoms with Gasteiger partial charge >= 0.3 is 0 Å². The summed E-state index contributed by atoms with van der Waals surface area (Å²) in [7, 11) is 1.95. The van der Waals surface area contributed by atoms with E-state index in [9.17, 15) is 0 Å². The molecule has 2 rings (SSSR count). The second kappa shape index (κ2) is 7.33. The molecule has 0 saturated heterocycles. The summed E-state index contributed by atoms with van der Waals surface area (Å²) in [5.74, 6) is 0. The molecule has 1 unspecified atom stereocenters. The monoisotopic (exact) mass is 327 g/mol. The fourth-order valence-electron chi connectivity index (χ4n) is 2.16. The predicted octanol–water partition coefficient (Wildman–Crippen LogP) is 5.02. The third-order valence-corrected chi connectivity index (χ3v) is 4.27. The molecule has 0 fully saturated rings. The molecule has 0 aliphatic carbocycles. The molecule has 0 aromatic heterocycles. The molecule has 1 nitrogen and oxygen atoms in total. The van der Waals surface area contributed by atoms with E-state index in [0.717, 1.165) is 29.0 Å². The van der Waals surface area contributed by atoms with E-state index in [-0.39, 0.29) is 6.04 Å². The molecule has 2 aromatic rings. The van der Waals surface area contributed by atoms with Crippen LogP contribution in [0.3, 0.4) is 0 Å². The Hall–Kier alpha value is -0.730. The van der Waals surface area contributed by atoms with Crippen molar-refractivity contribution in [1.29, 1.82) is 0 Å². The molecule has 0 bridgehead atoms. The molecule has 106 valence electrons. The van der Waals surface area contributed by atoms with Crippen LogP contribution in [0.1, 0.15) is 11.1 Å². The molecule has 0 aliphatic rings. The van der Waals surface area contributed by atoms with Crippen molar-refractivity contribution in [2.75, 3.05) is 7.05 Å². The van der Waals surface area contributed by atoms with Crippen LogP contribution in [0.25, 0.3) is 0 Å². The molecule has 0 amide bonds. The standard InChI is InChI=1S/C16H16Cl3N/c1-20-14(8-11-4-2-3-5-15(11)18)9-12-6-7-13(17)10-16(12)19/h2-7,10,14,20H,8-9H2,1H3. The molecule has 20 heavy (non-hydrogen) atoms. The summed E-state index contributed by atoms with van der Waals surface area (Å²) in [4.78, 5) is 0. The predicted molar refractivity (Wildman–Crippen MR) is 88.2 cm³/mol. The maximum absolute atomic E-state index is 6.23. The Morgan fingerprint density at radius 2 is 1.55 bits per heavy atom. The van der Waals surface area contributed by atoms with Gasteiger partial charge in [-0.15, -0.1) is 0 Å². The Kier molecular flexibility index (Phi) is 5.74. The smallest absolute Gasteiger partial charge is 0.0453 e. The number of hydrogen-bond donors (Lipinski definition) is 1. The Labute approximate surface area is 134 Å². The Morgan fingerprint density at radius 3 is 2.15 bits per heavy atom. The van der Waals surface area contributed by atoms with Crippen LogP contribution in [-0.4, -0.2) is 13.1 Å². The van der Waals surface area contributed by atoms with Crippen LogP contribution in [0.4, 0.5) is 0 Å². The first-order valence-corrected chi connectivity index (χ1v) is 7.58. The lowest BCUT2D eigenvalue weighted by Crippen LogP contribution is -2.30. The van der Waals surface area contributed by atoms with Crippen molar-refractivity contribution < 1.29 is 0 Å². The summed E-state index contributed by atoms with van der Waals surface area (Å²) in [6.07, 6.45) is 1.69. The van der Waals surface area contributed by atoms with Gasteiger partial charge in [-0.1, -0.05) is 59.1 Å². The maximum Gasteiger partial charge on any atom is 0.0453 e. The first-order valence-electron chi connectivity index (χ1n) is 6.44. The van der Waals surface area contributed by atoms with E-state index < -0.39 is 0 Å². The first kappa shape index (κ1) is 15.7. The van der Waals surface area contributed by atoms with Crippen molar-refractivity contribution in [2.45, 2.75) is 18.9 Å². The molecule has 2 aromatic carbocycles. The molecular weight excluding hydrogens is 313 g/mol.